The average Bonchev–Trinajstić information content (AvgIpc) is 3.21. The third kappa shape index (κ3) is 4.09. The number of hydrogen-bond acceptors (Lipinski definition) is 3. The maximum Gasteiger partial charge on any atom is 0.267 e. The van der Waals surface area contributed by atoms with Crippen molar-refractivity contribution in [1.29, 1.82) is 5.26 Å². The van der Waals surface area contributed by atoms with Gasteiger partial charge < -0.3 is 9.88 Å². The Labute approximate surface area is 148 Å². The maximum atomic E-state index is 12.3. The topological polar surface area (TPSA) is 61.1 Å². The Kier molecular flexibility index (Phi) is 5.20. The first-order chi connectivity index (χ1) is 12.1. The summed E-state index contributed by atoms with van der Waals surface area (Å²) in [5.74, 6) is 0.366. The standard InChI is InChI=1S/C20H24N4O/c1-15-5-3-4-6-18(15)14-24-8-7-16(13-24)11-22-20(25)19-9-17(10-21)12-23(19)2/h3-6,9,12,16H,7-8,11,13-14H2,1-2H3,(H,22,25)/t16-/m1/s1. The zero-order valence-corrected chi connectivity index (χ0v) is 14.8. The van der Waals surface area contributed by atoms with Gasteiger partial charge in [-0.15, -0.1) is 0 Å². The molecule has 1 amide bonds. The fraction of sp³-hybridized carbons (Fsp3) is 0.400. The van der Waals surface area contributed by atoms with Crippen LogP contribution in [0.5, 0.6) is 0 Å². The van der Waals surface area contributed by atoms with E-state index in [9.17, 15) is 4.79 Å². The number of nitrogens with zero attached hydrogens (tertiary/aromatic N) is 3. The van der Waals surface area contributed by atoms with E-state index in [0.717, 1.165) is 26.1 Å². The van der Waals surface area contributed by atoms with Gasteiger partial charge >= 0.3 is 0 Å². The lowest BCUT2D eigenvalue weighted by Crippen LogP contribution is -2.32. The molecule has 1 N–H and O–H groups in total. The zero-order valence-electron chi connectivity index (χ0n) is 14.8. The molecule has 2 aromatic rings. The highest BCUT2D eigenvalue weighted by Gasteiger charge is 2.23. The van der Waals surface area contributed by atoms with Crippen LogP contribution >= 0.6 is 0 Å². The highest BCUT2D eigenvalue weighted by molar-refractivity contribution is 5.93. The number of carbonyl (C=O) groups is 1. The maximum absolute atomic E-state index is 12.3. The largest absolute Gasteiger partial charge is 0.350 e. The summed E-state index contributed by atoms with van der Waals surface area (Å²) in [6.07, 6.45) is 2.77. The molecule has 1 aliphatic rings. The van der Waals surface area contributed by atoms with E-state index in [0.29, 0.717) is 23.7 Å². The molecule has 1 saturated heterocycles. The SMILES string of the molecule is Cc1ccccc1CN1CC[C@H](CNC(=O)c2cc(C#N)cn2C)C1. The second-order valence-electron chi connectivity index (χ2n) is 6.86. The monoisotopic (exact) mass is 336 g/mol. The number of hydrogen-bond donors (Lipinski definition) is 1. The van der Waals surface area contributed by atoms with Crippen molar-refractivity contribution in [3.8, 4) is 6.07 Å². The van der Waals surface area contributed by atoms with Crippen molar-refractivity contribution >= 4 is 5.91 Å². The molecule has 130 valence electrons. The molecule has 2 heterocycles. The Morgan fingerprint density at radius 1 is 1.40 bits per heavy atom. The minimum Gasteiger partial charge on any atom is -0.350 e. The Morgan fingerprint density at radius 2 is 2.20 bits per heavy atom. The van der Waals surface area contributed by atoms with Crippen LogP contribution < -0.4 is 5.32 Å². The fourth-order valence-electron chi connectivity index (χ4n) is 3.43. The van der Waals surface area contributed by atoms with E-state index in [4.69, 9.17) is 5.26 Å². The first-order valence-electron chi connectivity index (χ1n) is 8.68. The van der Waals surface area contributed by atoms with Crippen molar-refractivity contribution in [1.82, 2.24) is 14.8 Å². The molecule has 0 radical (unpaired) electrons. The van der Waals surface area contributed by atoms with Crippen LogP contribution in [0, 0.1) is 24.2 Å². The summed E-state index contributed by atoms with van der Waals surface area (Å²) < 4.78 is 1.70. The molecule has 1 aromatic carbocycles. The number of likely N-dealkylation sites (tertiary alicyclic amines) is 1. The van der Waals surface area contributed by atoms with E-state index in [1.54, 1.807) is 23.9 Å². The van der Waals surface area contributed by atoms with Gasteiger partial charge in [-0.1, -0.05) is 24.3 Å². The first kappa shape index (κ1) is 17.2. The zero-order chi connectivity index (χ0) is 17.8. The molecule has 1 atom stereocenters. The van der Waals surface area contributed by atoms with Gasteiger partial charge in [-0.2, -0.15) is 5.26 Å². The predicted octanol–water partition coefficient (Wildman–Crippen LogP) is 2.46. The minimum absolute atomic E-state index is 0.110. The van der Waals surface area contributed by atoms with Crippen LogP contribution in [-0.4, -0.2) is 35.0 Å². The van der Waals surface area contributed by atoms with Crippen molar-refractivity contribution in [3.05, 3.63) is 58.9 Å². The lowest BCUT2D eigenvalue weighted by molar-refractivity contribution is 0.0939. The van der Waals surface area contributed by atoms with Gasteiger partial charge in [-0.3, -0.25) is 9.69 Å². The number of nitriles is 1. The quantitative estimate of drug-likeness (QED) is 0.912. The van der Waals surface area contributed by atoms with Crippen molar-refractivity contribution in [2.75, 3.05) is 19.6 Å². The van der Waals surface area contributed by atoms with Crippen LogP contribution in [0.15, 0.2) is 36.5 Å². The van der Waals surface area contributed by atoms with Crippen molar-refractivity contribution in [2.24, 2.45) is 13.0 Å². The Balaban J connectivity index is 1.50. The lowest BCUT2D eigenvalue weighted by atomic mass is 10.1. The van der Waals surface area contributed by atoms with Crippen molar-refractivity contribution in [3.63, 3.8) is 0 Å². The molecule has 0 bridgehead atoms. The molecule has 0 aliphatic carbocycles. The lowest BCUT2D eigenvalue weighted by Gasteiger charge is -2.17. The number of aryl methyl sites for hydroxylation is 2. The number of benzene rings is 1. The van der Waals surface area contributed by atoms with Gasteiger partial charge in [0, 0.05) is 32.9 Å². The molecule has 1 aromatic heterocycles. The molecular formula is C20H24N4O. The normalized spacial score (nSPS) is 17.4. The van der Waals surface area contributed by atoms with Crippen LogP contribution in [0.1, 0.15) is 33.6 Å². The van der Waals surface area contributed by atoms with Crippen LogP contribution in [0.25, 0.3) is 0 Å². The van der Waals surface area contributed by atoms with Crippen molar-refractivity contribution in [2.45, 2.75) is 19.9 Å². The van der Waals surface area contributed by atoms with E-state index in [1.165, 1.54) is 11.1 Å². The van der Waals surface area contributed by atoms with Gasteiger partial charge in [0.25, 0.3) is 5.91 Å². The van der Waals surface area contributed by atoms with E-state index in [2.05, 4.69) is 47.5 Å². The Hall–Kier alpha value is -2.58. The van der Waals surface area contributed by atoms with E-state index < -0.39 is 0 Å². The molecule has 0 saturated carbocycles. The number of carbonyl (C=O) groups excluding carboxylic acids is 1. The summed E-state index contributed by atoms with van der Waals surface area (Å²) in [7, 11) is 1.79. The van der Waals surface area contributed by atoms with Crippen molar-refractivity contribution < 1.29 is 4.79 Å². The van der Waals surface area contributed by atoms with Gasteiger partial charge in [0.05, 0.1) is 5.56 Å². The van der Waals surface area contributed by atoms with Gasteiger partial charge in [0.2, 0.25) is 0 Å². The summed E-state index contributed by atoms with van der Waals surface area (Å²) >= 11 is 0. The average molecular weight is 336 g/mol. The third-order valence-electron chi connectivity index (χ3n) is 4.94. The fourth-order valence-corrected chi connectivity index (χ4v) is 3.43. The summed E-state index contributed by atoms with van der Waals surface area (Å²) in [6, 6.07) is 12.2. The Bertz CT molecular complexity index is 802. The minimum atomic E-state index is -0.110. The smallest absolute Gasteiger partial charge is 0.267 e. The van der Waals surface area contributed by atoms with Gasteiger partial charge in [0.15, 0.2) is 0 Å². The molecule has 1 aliphatic heterocycles. The molecule has 25 heavy (non-hydrogen) atoms. The summed E-state index contributed by atoms with van der Waals surface area (Å²) in [5.41, 5.74) is 3.75. The number of rotatable bonds is 5. The number of nitrogens with one attached hydrogen (secondary N) is 1. The molecule has 3 rings (SSSR count). The molecule has 1 fully saturated rings. The van der Waals surface area contributed by atoms with E-state index in [-0.39, 0.29) is 5.91 Å². The first-order valence-corrected chi connectivity index (χ1v) is 8.68. The van der Waals surface area contributed by atoms with Gasteiger partial charge in [-0.05, 0) is 43.0 Å². The van der Waals surface area contributed by atoms with Crippen LogP contribution in [0.3, 0.4) is 0 Å². The van der Waals surface area contributed by atoms with Crippen LogP contribution in [-0.2, 0) is 13.6 Å². The van der Waals surface area contributed by atoms with Crippen LogP contribution in [0.4, 0.5) is 0 Å². The predicted molar refractivity (Wildman–Crippen MR) is 97.0 cm³/mol. The highest BCUT2D eigenvalue weighted by Crippen LogP contribution is 2.19. The van der Waals surface area contributed by atoms with Gasteiger partial charge in [0.1, 0.15) is 11.8 Å². The van der Waals surface area contributed by atoms with E-state index in [1.807, 2.05) is 0 Å². The third-order valence-corrected chi connectivity index (χ3v) is 4.94. The summed E-state index contributed by atoms with van der Waals surface area (Å²) in [4.78, 5) is 14.8. The molecular weight excluding hydrogens is 312 g/mol. The second-order valence-corrected chi connectivity index (χ2v) is 6.86. The highest BCUT2D eigenvalue weighted by atomic mass is 16.1. The van der Waals surface area contributed by atoms with E-state index >= 15 is 0 Å². The molecule has 5 heteroatoms. The van der Waals surface area contributed by atoms with Crippen LogP contribution in [0.2, 0.25) is 0 Å². The number of aromatic nitrogens is 1. The number of amides is 1. The molecule has 5 nitrogen and oxygen atoms in total. The van der Waals surface area contributed by atoms with Gasteiger partial charge in [-0.25, -0.2) is 0 Å². The summed E-state index contributed by atoms with van der Waals surface area (Å²) in [5, 5.41) is 11.9. The molecule has 0 spiro atoms. The molecule has 0 unspecified atom stereocenters. The Morgan fingerprint density at radius 3 is 2.92 bits per heavy atom. The second kappa shape index (κ2) is 7.54. The summed E-state index contributed by atoms with van der Waals surface area (Å²) in [6.45, 7) is 5.87.